The van der Waals surface area contributed by atoms with Crippen LogP contribution in [-0.2, 0) is 63.4 Å². The molecule has 16 atom stereocenters. The molecule has 0 aromatic heterocycles. The van der Waals surface area contributed by atoms with Crippen molar-refractivity contribution >= 4 is 63.7 Å². The third-order valence-electron chi connectivity index (χ3n) is 11.7. The van der Waals surface area contributed by atoms with Crippen molar-refractivity contribution in [3.63, 3.8) is 0 Å². The summed E-state index contributed by atoms with van der Waals surface area (Å²) >= 11 is 15.1. The molecule has 4 heterocycles. The first-order valence-electron chi connectivity index (χ1n) is 20.4. The Labute approximate surface area is 384 Å². The number of fused-ring (bicyclic) bond motifs is 4. The molecule has 0 saturated carbocycles. The summed E-state index contributed by atoms with van der Waals surface area (Å²) in [5.74, 6) is -3.66. The van der Waals surface area contributed by atoms with Gasteiger partial charge in [-0.05, 0) is 85.3 Å². The zero-order valence-corrected chi connectivity index (χ0v) is 40.8. The van der Waals surface area contributed by atoms with Gasteiger partial charge in [0.25, 0.3) is 0 Å². The molecule has 0 radical (unpaired) electrons. The van der Waals surface area contributed by atoms with Crippen LogP contribution < -0.4 is 0 Å². The lowest BCUT2D eigenvalue weighted by Crippen LogP contribution is -2.59. The van der Waals surface area contributed by atoms with Gasteiger partial charge in [-0.3, -0.25) is 0 Å². The summed E-state index contributed by atoms with van der Waals surface area (Å²) < 4.78 is 82.5. The molecule has 0 amide bonds. The summed E-state index contributed by atoms with van der Waals surface area (Å²) in [6.45, 7) is 15.3. The van der Waals surface area contributed by atoms with Crippen LogP contribution in [0.15, 0.2) is 72.6 Å². The van der Waals surface area contributed by atoms with Crippen molar-refractivity contribution in [2.45, 2.75) is 183 Å². The Bertz CT molecular complexity index is 1920. The third kappa shape index (κ3) is 8.82. The molecule has 1 N–H and O–H groups in total. The fourth-order valence-corrected chi connectivity index (χ4v) is 11.8. The molecule has 1 aromatic rings. The van der Waals surface area contributed by atoms with Crippen LogP contribution in [0.1, 0.15) is 61.0 Å². The van der Waals surface area contributed by atoms with Crippen LogP contribution in [0.2, 0.25) is 0 Å². The van der Waals surface area contributed by atoms with Crippen LogP contribution in [0.5, 0.6) is 0 Å². The zero-order valence-electron chi connectivity index (χ0n) is 34.5. The highest BCUT2D eigenvalue weighted by molar-refractivity contribution is 9.12. The maximum Gasteiger partial charge on any atom is 0.164 e. The van der Waals surface area contributed by atoms with Crippen molar-refractivity contribution in [2.24, 2.45) is 0 Å². The summed E-state index contributed by atoms with van der Waals surface area (Å²) in [6, 6.07) is 9.99. The number of hydrogen-bond acceptors (Lipinski definition) is 13. The highest BCUT2D eigenvalue weighted by atomic mass is 79.9. The van der Waals surface area contributed by atoms with Crippen molar-refractivity contribution in [3.05, 3.63) is 78.1 Å². The molecule has 4 fully saturated rings. The molecular formula is C43H52Br4O13. The maximum absolute atomic E-state index is 11.8. The van der Waals surface area contributed by atoms with Gasteiger partial charge in [-0.2, -0.15) is 0 Å². The van der Waals surface area contributed by atoms with E-state index in [0.29, 0.717) is 11.1 Å². The van der Waals surface area contributed by atoms with Crippen LogP contribution >= 0.6 is 63.7 Å². The summed E-state index contributed by atoms with van der Waals surface area (Å²) in [5.41, 5.74) is 1.02. The van der Waals surface area contributed by atoms with Crippen LogP contribution in [0.4, 0.5) is 0 Å². The third-order valence-corrected chi connectivity index (χ3v) is 14.6. The predicted octanol–water partition coefficient (Wildman–Crippen LogP) is 7.44. The van der Waals surface area contributed by atoms with E-state index >= 15 is 0 Å². The van der Waals surface area contributed by atoms with E-state index < -0.39 is 121 Å². The van der Waals surface area contributed by atoms with Gasteiger partial charge in [-0.15, -0.1) is 0 Å². The van der Waals surface area contributed by atoms with E-state index in [1.54, 1.807) is 0 Å². The molecule has 0 bridgehead atoms. The smallest absolute Gasteiger partial charge is 0.164 e. The molecular weight excluding hydrogens is 1040 g/mol. The van der Waals surface area contributed by atoms with Gasteiger partial charge in [0.2, 0.25) is 0 Å². The number of ether oxygens (including phenoxy) is 12. The van der Waals surface area contributed by atoms with Gasteiger partial charge in [0.15, 0.2) is 23.1 Å². The van der Waals surface area contributed by atoms with E-state index in [0.717, 1.165) is 19.0 Å². The van der Waals surface area contributed by atoms with Crippen molar-refractivity contribution in [2.75, 3.05) is 0 Å². The van der Waals surface area contributed by atoms with E-state index in [2.05, 4.69) is 63.7 Å². The van der Waals surface area contributed by atoms with Crippen LogP contribution in [0.25, 0.3) is 0 Å². The molecule has 17 heteroatoms. The number of aliphatic hydroxyl groups is 1. The van der Waals surface area contributed by atoms with Crippen LogP contribution in [0, 0.1) is 0 Å². The SMILES string of the molecule is CC1(C)OC2C(Br)=CC(OC3[C@@H](O[C@@H]4C(OC5[C@@H](OCc6ccccc6)C=C(Br)[C@H]6OC(C)(C)O[C@@H]56)C=C(Br)C5OC(C)(C)OC54)C=C(Br)[C@H]4OC(C)(C)O[C@@H]34)[C@@H](O)C2O1. The van der Waals surface area contributed by atoms with E-state index in [4.69, 9.17) is 56.8 Å². The molecule has 330 valence electrons. The van der Waals surface area contributed by atoms with Gasteiger partial charge in [0.05, 0.1) is 6.61 Å². The minimum absolute atomic E-state index is 0.346. The quantitative estimate of drug-likeness (QED) is 0.263. The molecule has 4 saturated heterocycles. The first-order valence-corrected chi connectivity index (χ1v) is 23.6. The summed E-state index contributed by atoms with van der Waals surface area (Å²) in [7, 11) is 0. The van der Waals surface area contributed by atoms with E-state index in [9.17, 15) is 5.11 Å². The van der Waals surface area contributed by atoms with Gasteiger partial charge in [-0.25, -0.2) is 0 Å². The molecule has 60 heavy (non-hydrogen) atoms. The minimum atomic E-state index is -1.07. The highest BCUT2D eigenvalue weighted by Crippen LogP contribution is 2.48. The van der Waals surface area contributed by atoms with Gasteiger partial charge >= 0.3 is 0 Å². The fourth-order valence-electron chi connectivity index (χ4n) is 9.39. The number of rotatable bonds is 9. The second-order valence-electron chi connectivity index (χ2n) is 18.2. The lowest BCUT2D eigenvalue weighted by Gasteiger charge is -2.45. The van der Waals surface area contributed by atoms with Crippen LogP contribution in [-0.4, -0.2) is 126 Å². The van der Waals surface area contributed by atoms with Crippen molar-refractivity contribution in [1.29, 1.82) is 0 Å². The zero-order chi connectivity index (χ0) is 42.7. The number of halogens is 4. The number of hydrogen-bond donors (Lipinski definition) is 1. The molecule has 8 aliphatic rings. The Morgan fingerprint density at radius 3 is 1.23 bits per heavy atom. The Morgan fingerprint density at radius 2 is 0.800 bits per heavy atom. The van der Waals surface area contributed by atoms with Crippen molar-refractivity contribution in [3.8, 4) is 0 Å². The first kappa shape index (κ1) is 44.8. The largest absolute Gasteiger partial charge is 0.387 e. The van der Waals surface area contributed by atoms with Crippen LogP contribution in [0.3, 0.4) is 0 Å². The molecule has 9 rings (SSSR count). The number of benzene rings is 1. The van der Waals surface area contributed by atoms with Gasteiger partial charge in [0, 0.05) is 17.9 Å². The van der Waals surface area contributed by atoms with Crippen molar-refractivity contribution < 1.29 is 61.9 Å². The van der Waals surface area contributed by atoms with Gasteiger partial charge < -0.3 is 61.9 Å². The second-order valence-corrected chi connectivity index (χ2v) is 21.9. The Hall–Kier alpha value is -0.420. The second kappa shape index (κ2) is 16.5. The molecule has 13 nitrogen and oxygen atoms in total. The summed E-state index contributed by atoms with van der Waals surface area (Å²) in [6.07, 6.45) is -2.84. The Balaban J connectivity index is 1.06. The average molecular weight is 1100 g/mol. The van der Waals surface area contributed by atoms with E-state index in [1.165, 1.54) is 0 Å². The summed E-state index contributed by atoms with van der Waals surface area (Å²) in [4.78, 5) is 0. The normalized spacial score (nSPS) is 44.5. The predicted molar refractivity (Wildman–Crippen MR) is 230 cm³/mol. The molecule has 0 spiro atoms. The first-order chi connectivity index (χ1) is 28.2. The van der Waals surface area contributed by atoms with Gasteiger partial charge in [0.1, 0.15) is 97.7 Å². The van der Waals surface area contributed by atoms with E-state index in [-0.39, 0.29) is 0 Å². The monoisotopic (exact) mass is 1090 g/mol. The molecule has 4 aliphatic heterocycles. The lowest BCUT2D eigenvalue weighted by atomic mass is 9.91. The topological polar surface area (TPSA) is 131 Å². The molecule has 4 aliphatic carbocycles. The summed E-state index contributed by atoms with van der Waals surface area (Å²) in [5, 5.41) is 11.8. The minimum Gasteiger partial charge on any atom is -0.387 e. The Kier molecular flexibility index (Phi) is 12.3. The highest BCUT2D eigenvalue weighted by Gasteiger charge is 2.60. The molecule has 8 unspecified atom stereocenters. The molecule has 1 aromatic carbocycles. The van der Waals surface area contributed by atoms with Crippen molar-refractivity contribution in [1.82, 2.24) is 0 Å². The average Bonchev–Trinajstić information content (AvgIpc) is 3.89. The van der Waals surface area contributed by atoms with Gasteiger partial charge in [-0.1, -0.05) is 94.1 Å². The standard InChI is InChI=1S/C43H52Br4O13/c1-40(2)53-29-20(44)14-24(28(48)36(29)57-40)50-34-26(16-22(46)31-38(34)59-42(5,6)55-31)52-35-27(17-23(47)32-39(35)60-43(7,8)56-32)51-33-25(49-18-19-12-10-9-11-13-19)15-21(45)30-37(33)58-41(3,4)54-30/h9-17,24-39,48H,18H2,1-8H3/t24?,25-,26-,27?,28+,29?,30+,31+,32?,33?,34?,35+,36?,37+,38+,39?/m0/s1. The fraction of sp³-hybridized carbons (Fsp3) is 0.674. The lowest BCUT2D eigenvalue weighted by molar-refractivity contribution is -0.232. The Morgan fingerprint density at radius 1 is 0.467 bits per heavy atom. The maximum atomic E-state index is 11.8. The van der Waals surface area contributed by atoms with E-state index in [1.807, 2.05) is 110 Å². The number of aliphatic hydroxyl groups excluding tert-OH is 1.